The molecule has 110 heavy (non-hydrogen) atoms. The molecule has 0 saturated carbocycles. The molecule has 0 aromatic heterocycles. The second-order valence-electron chi connectivity index (χ2n) is 28.1. The van der Waals surface area contributed by atoms with Crippen molar-refractivity contribution < 1.29 is 248 Å². The Bertz CT molecular complexity index is 2780. The molecule has 14 bridgehead atoms. The molecule has 24 rings (SSSR count). The van der Waals surface area contributed by atoms with Crippen molar-refractivity contribution in [2.75, 3.05) is 66.1 Å². The fourth-order valence-corrected chi connectivity index (χ4v) is 14.8. The standard InChI is InChI=1S/C60H100O50/c61-1-11-21(70)22(71)32(81)52(92-11)102-43-13(3-63)94-53(34(83)24(43)73)103-42-12(2-62)93-51(33(82)23(42)72)91-10-20-50-31(80)41(90)60(101-20)109-49-19(9-69)99-58(39(88)29(49)78)107-47-17(7-67)97-56(37(86)27(47)76)105-45-15(5-65)95-54(35(84)25(45)74)104-44-14(4-64)96-55(36(85)26(44)75)106-46-16(6-66)98-57(38(87)28(46)77)108-48-18(8-68)100-59(110-50)40(89)30(48)79/h11-90H,1-10H2/t11-,12-,13-,14-,15-,16-,17-,18-,19-,20-,21-,22+,23-,24-,25-,26-,27-,28-,29-,30-,31-,32-,33-,34-,35-,36-,37-,38-,39-,40-,41-,42-,43-,44-,45-,46-,47-,48-,49-,50-,51+,52-,53-,54-,55-,56-,57-,58-,59-,60-/m1/s1. The lowest BCUT2D eigenvalue weighted by Gasteiger charge is -2.50. The second-order valence-corrected chi connectivity index (χ2v) is 28.1. The predicted molar refractivity (Wildman–Crippen MR) is 326 cm³/mol. The van der Waals surface area contributed by atoms with E-state index in [1.807, 2.05) is 0 Å². The Morgan fingerprint density at radius 3 is 0.609 bits per heavy atom. The third kappa shape index (κ3) is 17.7. The van der Waals surface area contributed by atoms with Gasteiger partial charge in [0.25, 0.3) is 0 Å². The van der Waals surface area contributed by atoms with Gasteiger partial charge in [0.05, 0.1) is 66.1 Å². The molecule has 30 N–H and O–H groups in total. The maximum Gasteiger partial charge on any atom is 0.187 e. The first-order chi connectivity index (χ1) is 52.3. The average Bonchev–Trinajstić information content (AvgIpc) is 0.789. The maximum atomic E-state index is 12.1. The fourth-order valence-electron chi connectivity index (χ4n) is 14.8. The van der Waals surface area contributed by atoms with Crippen molar-refractivity contribution in [1.29, 1.82) is 0 Å². The van der Waals surface area contributed by atoms with Crippen LogP contribution in [0.1, 0.15) is 0 Å². The zero-order chi connectivity index (χ0) is 80.1. The number of ether oxygens (including phenoxy) is 20. The minimum atomic E-state index is -2.47. The van der Waals surface area contributed by atoms with E-state index in [9.17, 15) is 153 Å². The van der Waals surface area contributed by atoms with Gasteiger partial charge < -0.3 is 248 Å². The van der Waals surface area contributed by atoms with E-state index < -0.39 is 373 Å². The van der Waals surface area contributed by atoms with Crippen LogP contribution in [0.5, 0.6) is 0 Å². The summed E-state index contributed by atoms with van der Waals surface area (Å²) in [4.78, 5) is 0. The third-order valence-corrected chi connectivity index (χ3v) is 21.1. The van der Waals surface area contributed by atoms with E-state index in [0.717, 1.165) is 0 Å². The van der Waals surface area contributed by atoms with Crippen LogP contribution in [0.4, 0.5) is 0 Å². The van der Waals surface area contributed by atoms with Crippen LogP contribution >= 0.6 is 0 Å². The van der Waals surface area contributed by atoms with Gasteiger partial charge >= 0.3 is 0 Å². The summed E-state index contributed by atoms with van der Waals surface area (Å²) in [6.45, 7) is -11.2. The van der Waals surface area contributed by atoms with Crippen LogP contribution in [0.3, 0.4) is 0 Å². The van der Waals surface area contributed by atoms with Crippen molar-refractivity contribution in [3.63, 3.8) is 0 Å². The van der Waals surface area contributed by atoms with Crippen molar-refractivity contribution in [1.82, 2.24) is 0 Å². The minimum absolute atomic E-state index is 0.897. The van der Waals surface area contributed by atoms with Gasteiger partial charge in [0.1, 0.15) is 244 Å². The Kier molecular flexibility index (Phi) is 30.6. The highest BCUT2D eigenvalue weighted by Crippen LogP contribution is 2.41. The first-order valence-electron chi connectivity index (χ1n) is 35.2. The summed E-state index contributed by atoms with van der Waals surface area (Å²) in [7, 11) is 0. The van der Waals surface area contributed by atoms with E-state index >= 15 is 0 Å². The first-order valence-corrected chi connectivity index (χ1v) is 35.2. The lowest BCUT2D eigenvalue weighted by molar-refractivity contribution is -0.400. The molecule has 640 valence electrons. The molecule has 0 aliphatic carbocycles. The van der Waals surface area contributed by atoms with Gasteiger partial charge in [-0.25, -0.2) is 0 Å². The second kappa shape index (κ2) is 37.9. The summed E-state index contributed by atoms with van der Waals surface area (Å²) < 4.78 is 115. The fraction of sp³-hybridized carbons (Fsp3) is 1.00. The van der Waals surface area contributed by atoms with E-state index in [1.165, 1.54) is 0 Å². The van der Waals surface area contributed by atoms with Gasteiger partial charge in [-0.15, -0.1) is 0 Å². The zero-order valence-electron chi connectivity index (χ0n) is 57.5. The monoisotopic (exact) mass is 1620 g/mol. The predicted octanol–water partition coefficient (Wildman–Crippen LogP) is -21.8. The summed E-state index contributed by atoms with van der Waals surface area (Å²) in [5.41, 5.74) is 0. The minimum Gasteiger partial charge on any atom is -0.394 e. The molecule has 0 aromatic carbocycles. The molecule has 24 aliphatic rings. The molecular formula is C60H100O50. The number of rotatable bonds is 16. The molecule has 24 heterocycles. The maximum absolute atomic E-state index is 12.1. The Hall–Kier alpha value is -2.00. The van der Waals surface area contributed by atoms with Crippen molar-refractivity contribution >= 4 is 0 Å². The van der Waals surface area contributed by atoms with Crippen LogP contribution in [0.15, 0.2) is 0 Å². The van der Waals surface area contributed by atoms with Gasteiger partial charge in [-0.05, 0) is 0 Å². The molecule has 50 heteroatoms. The molecule has 0 spiro atoms. The lowest BCUT2D eigenvalue weighted by atomic mass is 9.95. The van der Waals surface area contributed by atoms with Crippen molar-refractivity contribution in [2.24, 2.45) is 0 Å². The number of hydrogen-bond acceptors (Lipinski definition) is 50. The van der Waals surface area contributed by atoms with E-state index in [0.29, 0.717) is 0 Å². The van der Waals surface area contributed by atoms with Crippen molar-refractivity contribution in [2.45, 2.75) is 307 Å². The lowest BCUT2D eigenvalue weighted by Crippen LogP contribution is -2.68. The molecule has 0 radical (unpaired) electrons. The van der Waals surface area contributed by atoms with Gasteiger partial charge in [0.2, 0.25) is 0 Å². The van der Waals surface area contributed by atoms with Crippen LogP contribution in [-0.4, -0.2) is 526 Å². The molecule has 24 saturated heterocycles. The molecule has 50 nitrogen and oxygen atoms in total. The van der Waals surface area contributed by atoms with Crippen molar-refractivity contribution in [3.8, 4) is 0 Å². The quantitative estimate of drug-likeness (QED) is 0.0682. The van der Waals surface area contributed by atoms with Crippen LogP contribution in [0, 0.1) is 0 Å². The third-order valence-electron chi connectivity index (χ3n) is 21.1. The highest BCUT2D eigenvalue weighted by Gasteiger charge is 2.62. The van der Waals surface area contributed by atoms with Gasteiger partial charge in [0, 0.05) is 0 Å². The SMILES string of the molecule is OC[C@H]1O[C@H](O[C@H]2[C@H](O)[C@@H](O)[C@@H](O[C@H]3[C@H](O)[C@@H](O)[C@@H](OC[C@H]4O[C@@H]5O[C@H]6[C@H](O)[C@@H](O)[C@@H](O[C@H]7[C@H](O)[C@@H](O)[C@@H](O[C@H]8[C@H](O)[C@@H](O)[C@@H](O[C@H]9[C@H](O)[C@@H](O)[C@@H](O[C@H]%10[C@H](O)[C@@H](O)[C@@H](O[C@H]%11[C@H](O)[C@@H](O)[C@@H](O[C@H]4[C@H](O)[C@H]5O)O[C@@H]%11CO)O[C@@H]%10CO)O[C@@H]9CO)O[C@@H]8CO)O[C@@H]7CO)O[C@@H]6CO)O[C@@H]3CO)O[C@@H]2CO)[C@H](O)[C@@H](O)[C@@H]1O. The van der Waals surface area contributed by atoms with E-state index in [2.05, 4.69) is 0 Å². The number of aliphatic hydroxyl groups is 30. The molecule has 50 atom stereocenters. The smallest absolute Gasteiger partial charge is 0.187 e. The highest BCUT2D eigenvalue weighted by molar-refractivity contribution is 5.04. The van der Waals surface area contributed by atoms with Crippen molar-refractivity contribution in [3.05, 3.63) is 0 Å². The Balaban J connectivity index is 0.852. The van der Waals surface area contributed by atoms with Crippen LogP contribution in [0.2, 0.25) is 0 Å². The van der Waals surface area contributed by atoms with Gasteiger partial charge in [-0.1, -0.05) is 0 Å². The van der Waals surface area contributed by atoms with Gasteiger partial charge in [-0.3, -0.25) is 0 Å². The molecule has 0 unspecified atom stereocenters. The van der Waals surface area contributed by atoms with Gasteiger partial charge in [0.15, 0.2) is 62.9 Å². The molecule has 24 aliphatic heterocycles. The molecule has 0 amide bonds. The van der Waals surface area contributed by atoms with E-state index in [-0.39, 0.29) is 0 Å². The Labute approximate surface area is 619 Å². The van der Waals surface area contributed by atoms with Crippen LogP contribution < -0.4 is 0 Å². The van der Waals surface area contributed by atoms with Crippen LogP contribution in [-0.2, 0) is 94.7 Å². The van der Waals surface area contributed by atoms with Gasteiger partial charge in [-0.2, -0.15) is 0 Å². The van der Waals surface area contributed by atoms with E-state index in [1.54, 1.807) is 0 Å². The van der Waals surface area contributed by atoms with Crippen LogP contribution in [0.25, 0.3) is 0 Å². The number of aliphatic hydroxyl groups excluding tert-OH is 30. The largest absolute Gasteiger partial charge is 0.394 e. The summed E-state index contributed by atoms with van der Waals surface area (Å²) in [6, 6.07) is 0. The topological polar surface area (TPSA) is 792 Å². The summed E-state index contributed by atoms with van der Waals surface area (Å²) in [6.07, 6.45) is -106. The highest BCUT2D eigenvalue weighted by atomic mass is 16.8. The van der Waals surface area contributed by atoms with E-state index in [4.69, 9.17) is 94.7 Å². The average molecular weight is 1620 g/mol. The summed E-state index contributed by atoms with van der Waals surface area (Å²) >= 11 is 0. The zero-order valence-corrected chi connectivity index (χ0v) is 57.5. The molecule has 0 aromatic rings. The summed E-state index contributed by atoms with van der Waals surface area (Å²) in [5, 5.41) is 334. The Morgan fingerprint density at radius 2 is 0.364 bits per heavy atom. The first kappa shape index (κ1) is 88.8. The molecule has 24 fully saturated rings. The molecular weight excluding hydrogens is 1520 g/mol. The Morgan fingerprint density at radius 1 is 0.164 bits per heavy atom. The normalized spacial score (nSPS) is 55.0. The summed E-state index contributed by atoms with van der Waals surface area (Å²) in [5.74, 6) is 0. The number of hydrogen-bond donors (Lipinski definition) is 30.